The highest BCUT2D eigenvalue weighted by Gasteiger charge is 2.32. The molecule has 1 aliphatic heterocycles. The number of fused-ring (bicyclic) bond motifs is 1. The van der Waals surface area contributed by atoms with Crippen LogP contribution in [-0.2, 0) is 0 Å². The maximum absolute atomic E-state index is 13.0. The summed E-state index contributed by atoms with van der Waals surface area (Å²) in [5, 5.41) is 19.6. The molecule has 0 unspecified atom stereocenters. The van der Waals surface area contributed by atoms with Gasteiger partial charge in [0, 0.05) is 19.5 Å². The highest BCUT2D eigenvalue weighted by atomic mass is 32.1. The number of thiophene rings is 2. The van der Waals surface area contributed by atoms with Crippen molar-refractivity contribution in [3.05, 3.63) is 68.9 Å². The van der Waals surface area contributed by atoms with Crippen LogP contribution in [-0.4, -0.2) is 4.57 Å². The average molecular weight is 423 g/mol. The van der Waals surface area contributed by atoms with Crippen LogP contribution in [0.1, 0.15) is 25.4 Å². The third kappa shape index (κ3) is 2.83. The molecule has 0 saturated heterocycles. The van der Waals surface area contributed by atoms with E-state index in [4.69, 9.17) is 5.73 Å². The van der Waals surface area contributed by atoms with Gasteiger partial charge in [0.25, 0.3) is 5.56 Å². The second kappa shape index (κ2) is 6.92. The predicted octanol–water partition coefficient (Wildman–Crippen LogP) is 2.60. The Bertz CT molecular complexity index is 1400. The van der Waals surface area contributed by atoms with Crippen LogP contribution in [0.4, 0.5) is 0 Å². The summed E-state index contributed by atoms with van der Waals surface area (Å²) in [6, 6.07) is 12.2. The Morgan fingerprint density at radius 1 is 1.04 bits per heavy atom. The summed E-state index contributed by atoms with van der Waals surface area (Å²) in [4.78, 5) is 17.1. The van der Waals surface area contributed by atoms with Crippen molar-refractivity contribution >= 4 is 51.5 Å². The summed E-state index contributed by atoms with van der Waals surface area (Å²) in [5.41, 5.74) is 6.59. The first-order valence-corrected chi connectivity index (χ1v) is 10.8. The van der Waals surface area contributed by atoms with E-state index in [1.807, 2.05) is 44.2 Å². The van der Waals surface area contributed by atoms with Crippen LogP contribution >= 0.6 is 34.0 Å². The van der Waals surface area contributed by atoms with Crippen molar-refractivity contribution in [2.24, 2.45) is 5.73 Å². The molecular weight excluding hydrogens is 408 g/mol. The SMILES string of the molecule is Cc1ccc(/C=c2\sc3n(c2=O)C(N)=C(C#N)[C@H](c2ccc(C)s2)C=3C#N)s1. The van der Waals surface area contributed by atoms with Crippen LogP contribution in [0.15, 0.2) is 34.6 Å². The molecular formula is C20H14N4OS3. The maximum Gasteiger partial charge on any atom is 0.274 e. The van der Waals surface area contributed by atoms with Crippen LogP contribution in [0, 0.1) is 36.5 Å². The Labute approximate surface area is 172 Å². The number of hydrogen-bond donors (Lipinski definition) is 1. The molecule has 2 N–H and O–H groups in total. The third-order valence-electron chi connectivity index (χ3n) is 4.47. The summed E-state index contributed by atoms with van der Waals surface area (Å²) < 4.78 is 2.30. The molecule has 0 spiro atoms. The van der Waals surface area contributed by atoms with Crippen LogP contribution in [0.5, 0.6) is 0 Å². The lowest BCUT2D eigenvalue weighted by molar-refractivity contribution is 0.914. The summed E-state index contributed by atoms with van der Waals surface area (Å²) in [6.45, 7) is 3.97. The summed E-state index contributed by atoms with van der Waals surface area (Å²) >= 11 is 4.35. The highest BCUT2D eigenvalue weighted by molar-refractivity contribution is 7.13. The van der Waals surface area contributed by atoms with Gasteiger partial charge in [0.05, 0.1) is 33.7 Å². The van der Waals surface area contributed by atoms with Crippen molar-refractivity contribution in [3.8, 4) is 12.1 Å². The number of hydrogen-bond acceptors (Lipinski definition) is 7. The van der Waals surface area contributed by atoms with E-state index in [1.165, 1.54) is 27.2 Å². The first-order chi connectivity index (χ1) is 13.4. The topological polar surface area (TPSA) is 95.6 Å². The molecule has 3 aromatic rings. The van der Waals surface area contributed by atoms with Crippen molar-refractivity contribution in [2.45, 2.75) is 19.8 Å². The smallest absolute Gasteiger partial charge is 0.274 e. The second-order valence-corrected chi connectivity index (χ2v) is 9.99. The number of thiazole rings is 1. The van der Waals surface area contributed by atoms with Crippen LogP contribution in [0.25, 0.3) is 17.5 Å². The predicted molar refractivity (Wildman–Crippen MR) is 114 cm³/mol. The molecule has 4 rings (SSSR count). The maximum atomic E-state index is 13.0. The van der Waals surface area contributed by atoms with E-state index >= 15 is 0 Å². The van der Waals surface area contributed by atoms with E-state index in [-0.39, 0.29) is 17.0 Å². The largest absolute Gasteiger partial charge is 0.384 e. The van der Waals surface area contributed by atoms with E-state index in [0.29, 0.717) is 14.8 Å². The van der Waals surface area contributed by atoms with Gasteiger partial charge in [-0.05, 0) is 44.2 Å². The Morgan fingerprint density at radius 3 is 2.29 bits per heavy atom. The molecule has 0 bridgehead atoms. The average Bonchev–Trinajstić information content (AvgIpc) is 3.35. The van der Waals surface area contributed by atoms with Gasteiger partial charge < -0.3 is 5.73 Å². The fourth-order valence-corrected chi connectivity index (χ4v) is 6.22. The minimum atomic E-state index is -0.538. The third-order valence-corrected chi connectivity index (χ3v) is 7.59. The molecule has 4 heterocycles. The lowest BCUT2D eigenvalue weighted by Gasteiger charge is -2.20. The van der Waals surface area contributed by atoms with Crippen LogP contribution in [0.2, 0.25) is 0 Å². The number of nitriles is 2. The van der Waals surface area contributed by atoms with Crippen molar-refractivity contribution in [2.75, 3.05) is 0 Å². The number of nitrogens with zero attached hydrogens (tertiary/aromatic N) is 3. The van der Waals surface area contributed by atoms with Gasteiger partial charge >= 0.3 is 0 Å². The molecule has 3 aromatic heterocycles. The van der Waals surface area contributed by atoms with Gasteiger partial charge in [-0.2, -0.15) is 10.5 Å². The van der Waals surface area contributed by atoms with E-state index in [0.717, 1.165) is 19.5 Å². The normalized spacial score (nSPS) is 16.8. The van der Waals surface area contributed by atoms with E-state index in [2.05, 4.69) is 12.1 Å². The van der Waals surface area contributed by atoms with Crippen LogP contribution in [0.3, 0.4) is 0 Å². The minimum Gasteiger partial charge on any atom is -0.384 e. The lowest BCUT2D eigenvalue weighted by atomic mass is 9.89. The van der Waals surface area contributed by atoms with E-state index in [1.54, 1.807) is 11.3 Å². The number of rotatable bonds is 2. The zero-order valence-electron chi connectivity index (χ0n) is 15.0. The first kappa shape index (κ1) is 18.5. The van der Waals surface area contributed by atoms with Gasteiger partial charge in [0.1, 0.15) is 10.5 Å². The number of nitrogens with two attached hydrogens (primary N) is 1. The minimum absolute atomic E-state index is 0.107. The fraction of sp³-hybridized carbons (Fsp3) is 0.150. The Kier molecular flexibility index (Phi) is 4.56. The van der Waals surface area contributed by atoms with Gasteiger partial charge in [-0.25, -0.2) is 0 Å². The molecule has 28 heavy (non-hydrogen) atoms. The molecule has 8 heteroatoms. The molecule has 1 atom stereocenters. The quantitative estimate of drug-likeness (QED) is 0.687. The van der Waals surface area contributed by atoms with Gasteiger partial charge in [-0.15, -0.1) is 34.0 Å². The zero-order chi connectivity index (χ0) is 20.0. The monoisotopic (exact) mass is 422 g/mol. The highest BCUT2D eigenvalue weighted by Crippen LogP contribution is 2.38. The van der Waals surface area contributed by atoms with Crippen molar-refractivity contribution < 1.29 is 0 Å². The van der Waals surface area contributed by atoms with Crippen molar-refractivity contribution in [1.82, 2.24) is 4.57 Å². The molecule has 5 nitrogen and oxygen atoms in total. The van der Waals surface area contributed by atoms with Gasteiger partial charge in [0.15, 0.2) is 0 Å². The van der Waals surface area contributed by atoms with Gasteiger partial charge in [-0.3, -0.25) is 9.36 Å². The standard InChI is InChI=1S/C20H14N4OS3/c1-10-3-5-12(26-10)7-16-19(25)24-18(23)13(8-21)17(14(9-22)20(24)28-16)15-6-4-11(2)27-15/h3-7,17H,23H2,1-2H3/b16-7-/t17-/m0/s1. The fourth-order valence-electron chi connectivity index (χ4n) is 3.20. The van der Waals surface area contributed by atoms with E-state index in [9.17, 15) is 15.3 Å². The van der Waals surface area contributed by atoms with Gasteiger partial charge in [0.2, 0.25) is 0 Å². The first-order valence-electron chi connectivity index (χ1n) is 8.35. The summed E-state index contributed by atoms with van der Waals surface area (Å²) in [7, 11) is 0. The molecule has 0 fully saturated rings. The Morgan fingerprint density at radius 2 is 1.71 bits per heavy atom. The lowest BCUT2D eigenvalue weighted by Crippen LogP contribution is -2.38. The molecule has 138 valence electrons. The van der Waals surface area contributed by atoms with Gasteiger partial charge in [-0.1, -0.05) is 0 Å². The molecule has 1 aliphatic rings. The summed E-state index contributed by atoms with van der Waals surface area (Å²) in [6.07, 6.45) is 1.81. The number of aryl methyl sites for hydroxylation is 2. The Balaban J connectivity index is 2.07. The molecule has 0 radical (unpaired) electrons. The molecule has 0 aromatic carbocycles. The second-order valence-electron chi connectivity index (χ2n) is 6.32. The summed E-state index contributed by atoms with van der Waals surface area (Å²) in [5.74, 6) is -0.431. The number of aromatic nitrogens is 1. The van der Waals surface area contributed by atoms with Crippen molar-refractivity contribution in [1.29, 1.82) is 10.5 Å². The van der Waals surface area contributed by atoms with E-state index < -0.39 is 5.92 Å². The molecule has 0 amide bonds. The molecule has 0 saturated carbocycles. The zero-order valence-corrected chi connectivity index (χ0v) is 17.5. The van der Waals surface area contributed by atoms with Crippen molar-refractivity contribution in [3.63, 3.8) is 0 Å². The molecule has 0 aliphatic carbocycles. The van der Waals surface area contributed by atoms with Crippen LogP contribution < -0.4 is 20.5 Å². The Hall–Kier alpha value is -2.91. The number of allylic oxidation sites excluding steroid dienone is 1.